The van der Waals surface area contributed by atoms with Crippen LogP contribution < -0.4 is 5.32 Å². The second kappa shape index (κ2) is 4.18. The second-order valence-corrected chi connectivity index (χ2v) is 3.14. The van der Waals surface area contributed by atoms with Crippen molar-refractivity contribution in [3.8, 4) is 0 Å². The lowest BCUT2D eigenvalue weighted by Gasteiger charge is -2.13. The van der Waals surface area contributed by atoms with Crippen molar-refractivity contribution < 1.29 is 4.39 Å². The smallest absolute Gasteiger partial charge is 0.145 e. The van der Waals surface area contributed by atoms with E-state index < -0.39 is 0 Å². The minimum absolute atomic E-state index is 0.0897. The first kappa shape index (κ1) is 9.79. The number of nitrogens with one attached hydrogen (secondary N) is 2. The molecule has 0 radical (unpaired) electrons. The molecular formula is C10H11FN4. The Labute approximate surface area is 86.6 Å². The molecule has 0 spiro atoms. The highest BCUT2D eigenvalue weighted by Gasteiger charge is 2.14. The summed E-state index contributed by atoms with van der Waals surface area (Å²) in [7, 11) is 1.82. The van der Waals surface area contributed by atoms with Crippen molar-refractivity contribution in [2.24, 2.45) is 0 Å². The van der Waals surface area contributed by atoms with Gasteiger partial charge in [0, 0.05) is 0 Å². The second-order valence-electron chi connectivity index (χ2n) is 3.14. The fraction of sp³-hybridized carbons (Fsp3) is 0.200. The van der Waals surface area contributed by atoms with Crippen molar-refractivity contribution in [2.45, 2.75) is 6.04 Å². The number of hydrogen-bond acceptors (Lipinski definition) is 3. The van der Waals surface area contributed by atoms with Crippen LogP contribution in [0.25, 0.3) is 0 Å². The van der Waals surface area contributed by atoms with Crippen LogP contribution in [0.5, 0.6) is 0 Å². The van der Waals surface area contributed by atoms with Gasteiger partial charge in [0.05, 0.1) is 6.04 Å². The molecule has 0 saturated heterocycles. The molecule has 5 heteroatoms. The molecule has 0 aliphatic heterocycles. The van der Waals surface area contributed by atoms with Crippen LogP contribution in [0.4, 0.5) is 4.39 Å². The predicted octanol–water partition coefficient (Wildman–Crippen LogP) is 1.25. The zero-order valence-electron chi connectivity index (χ0n) is 8.24. The van der Waals surface area contributed by atoms with E-state index in [1.165, 1.54) is 18.5 Å². The van der Waals surface area contributed by atoms with Crippen LogP contribution in [0.2, 0.25) is 0 Å². The maximum absolute atomic E-state index is 12.7. The summed E-state index contributed by atoms with van der Waals surface area (Å²) in [6.07, 6.45) is 1.45. The lowest BCUT2D eigenvalue weighted by atomic mass is 10.1. The van der Waals surface area contributed by atoms with E-state index in [9.17, 15) is 4.39 Å². The summed E-state index contributed by atoms with van der Waals surface area (Å²) in [4.78, 5) is 4.06. The highest BCUT2D eigenvalue weighted by molar-refractivity contribution is 5.24. The molecule has 1 aromatic heterocycles. The predicted molar refractivity (Wildman–Crippen MR) is 53.7 cm³/mol. The average Bonchev–Trinajstić information content (AvgIpc) is 2.75. The quantitative estimate of drug-likeness (QED) is 0.794. The fourth-order valence-electron chi connectivity index (χ4n) is 1.47. The Bertz CT molecular complexity index is 409. The van der Waals surface area contributed by atoms with Gasteiger partial charge in [0.15, 0.2) is 0 Å². The zero-order chi connectivity index (χ0) is 10.7. The first-order chi connectivity index (χ1) is 7.31. The highest BCUT2D eigenvalue weighted by Crippen LogP contribution is 2.17. The van der Waals surface area contributed by atoms with Crippen molar-refractivity contribution in [3.05, 3.63) is 47.8 Å². The van der Waals surface area contributed by atoms with Gasteiger partial charge in [0.25, 0.3) is 0 Å². The summed E-state index contributed by atoms with van der Waals surface area (Å²) >= 11 is 0. The number of H-pyrrole nitrogens is 1. The molecule has 1 heterocycles. The number of nitrogens with zero attached hydrogens (tertiary/aromatic N) is 2. The van der Waals surface area contributed by atoms with Crippen LogP contribution in [0.1, 0.15) is 17.4 Å². The molecule has 4 nitrogen and oxygen atoms in total. The minimum atomic E-state index is -0.244. The summed E-state index contributed by atoms with van der Waals surface area (Å²) in [6, 6.07) is 6.21. The van der Waals surface area contributed by atoms with Gasteiger partial charge < -0.3 is 5.32 Å². The molecule has 0 saturated carbocycles. The number of halogens is 1. The molecule has 0 aliphatic rings. The van der Waals surface area contributed by atoms with Gasteiger partial charge in [0.1, 0.15) is 18.0 Å². The van der Waals surface area contributed by atoms with Gasteiger partial charge in [-0.15, -0.1) is 0 Å². The lowest BCUT2D eigenvalue weighted by Crippen LogP contribution is -2.19. The third-order valence-electron chi connectivity index (χ3n) is 2.20. The summed E-state index contributed by atoms with van der Waals surface area (Å²) in [5.74, 6) is 0.468. The third-order valence-corrected chi connectivity index (χ3v) is 2.20. The van der Waals surface area contributed by atoms with E-state index in [2.05, 4.69) is 20.5 Å². The SMILES string of the molecule is CNC(c1ccc(F)cc1)c1ncn[nH]1. The van der Waals surface area contributed by atoms with Crippen molar-refractivity contribution >= 4 is 0 Å². The molecular weight excluding hydrogens is 195 g/mol. The summed E-state index contributed by atoms with van der Waals surface area (Å²) in [5, 5.41) is 9.65. The van der Waals surface area contributed by atoms with Gasteiger partial charge in [-0.05, 0) is 24.7 Å². The molecule has 0 aliphatic carbocycles. The highest BCUT2D eigenvalue weighted by atomic mass is 19.1. The number of aromatic amines is 1. The van der Waals surface area contributed by atoms with Crippen LogP contribution in [-0.2, 0) is 0 Å². The Balaban J connectivity index is 2.31. The van der Waals surface area contributed by atoms with E-state index in [0.29, 0.717) is 5.82 Å². The van der Waals surface area contributed by atoms with E-state index in [0.717, 1.165) is 5.56 Å². The first-order valence-corrected chi connectivity index (χ1v) is 4.59. The monoisotopic (exact) mass is 206 g/mol. The Morgan fingerprint density at radius 3 is 2.60 bits per heavy atom. The van der Waals surface area contributed by atoms with Crippen LogP contribution in [0.3, 0.4) is 0 Å². The normalized spacial score (nSPS) is 12.7. The maximum Gasteiger partial charge on any atom is 0.145 e. The molecule has 1 aromatic carbocycles. The number of benzene rings is 1. The minimum Gasteiger partial charge on any atom is -0.307 e. The van der Waals surface area contributed by atoms with Crippen LogP contribution >= 0.6 is 0 Å². The number of hydrogen-bond donors (Lipinski definition) is 2. The van der Waals surface area contributed by atoms with E-state index in [-0.39, 0.29) is 11.9 Å². The van der Waals surface area contributed by atoms with Crippen molar-refractivity contribution in [3.63, 3.8) is 0 Å². The first-order valence-electron chi connectivity index (χ1n) is 4.59. The van der Waals surface area contributed by atoms with E-state index >= 15 is 0 Å². The van der Waals surface area contributed by atoms with Gasteiger partial charge >= 0.3 is 0 Å². The van der Waals surface area contributed by atoms with Crippen molar-refractivity contribution in [1.82, 2.24) is 20.5 Å². The molecule has 2 N–H and O–H groups in total. The fourth-order valence-corrected chi connectivity index (χ4v) is 1.47. The molecule has 2 aromatic rings. The molecule has 1 atom stereocenters. The van der Waals surface area contributed by atoms with E-state index in [1.54, 1.807) is 12.1 Å². The Morgan fingerprint density at radius 2 is 2.07 bits per heavy atom. The van der Waals surface area contributed by atoms with Gasteiger partial charge in [-0.2, -0.15) is 5.10 Å². The molecule has 2 rings (SSSR count). The standard InChI is InChI=1S/C10H11FN4/c1-12-9(10-13-6-14-15-10)7-2-4-8(11)5-3-7/h2-6,9,12H,1H3,(H,13,14,15). The molecule has 1 unspecified atom stereocenters. The largest absolute Gasteiger partial charge is 0.307 e. The van der Waals surface area contributed by atoms with Crippen LogP contribution in [0, 0.1) is 5.82 Å². The summed E-state index contributed by atoms with van der Waals surface area (Å²) in [5.41, 5.74) is 0.940. The van der Waals surface area contributed by atoms with Gasteiger partial charge in [-0.25, -0.2) is 9.37 Å². The number of aromatic nitrogens is 3. The van der Waals surface area contributed by atoms with Crippen molar-refractivity contribution in [2.75, 3.05) is 7.05 Å². The third kappa shape index (κ3) is 2.02. The van der Waals surface area contributed by atoms with Gasteiger partial charge in [-0.3, -0.25) is 5.10 Å². The lowest BCUT2D eigenvalue weighted by molar-refractivity contribution is 0.619. The molecule has 78 valence electrons. The molecule has 0 bridgehead atoms. The van der Waals surface area contributed by atoms with Crippen molar-refractivity contribution in [1.29, 1.82) is 0 Å². The summed E-state index contributed by atoms with van der Waals surface area (Å²) in [6.45, 7) is 0. The van der Waals surface area contributed by atoms with Crippen LogP contribution in [0.15, 0.2) is 30.6 Å². The van der Waals surface area contributed by atoms with E-state index in [4.69, 9.17) is 0 Å². The molecule has 0 amide bonds. The maximum atomic E-state index is 12.7. The molecule has 0 fully saturated rings. The number of rotatable bonds is 3. The zero-order valence-corrected chi connectivity index (χ0v) is 8.24. The van der Waals surface area contributed by atoms with E-state index in [1.807, 2.05) is 7.05 Å². The Hall–Kier alpha value is -1.75. The Morgan fingerprint density at radius 1 is 1.33 bits per heavy atom. The summed E-state index contributed by atoms with van der Waals surface area (Å²) < 4.78 is 12.7. The topological polar surface area (TPSA) is 53.6 Å². The van der Waals surface area contributed by atoms with Gasteiger partial charge in [-0.1, -0.05) is 12.1 Å². The average molecular weight is 206 g/mol. The molecule has 15 heavy (non-hydrogen) atoms. The van der Waals surface area contributed by atoms with Gasteiger partial charge in [0.2, 0.25) is 0 Å². The Kier molecular flexibility index (Phi) is 2.73. The van der Waals surface area contributed by atoms with Crippen LogP contribution in [-0.4, -0.2) is 22.2 Å².